The van der Waals surface area contributed by atoms with Gasteiger partial charge in [0.1, 0.15) is 5.15 Å². The Hall–Kier alpha value is -2.99. The van der Waals surface area contributed by atoms with Gasteiger partial charge in [-0.15, -0.1) is 5.10 Å². The number of hydrogen-bond donors (Lipinski definition) is 1. The summed E-state index contributed by atoms with van der Waals surface area (Å²) in [7, 11) is 0. The second kappa shape index (κ2) is 6.03. The molecule has 134 valence electrons. The molecule has 0 unspecified atom stereocenters. The zero-order valence-corrected chi connectivity index (χ0v) is 15.5. The van der Waals surface area contributed by atoms with E-state index in [9.17, 15) is 0 Å². The number of rotatable bonds is 3. The van der Waals surface area contributed by atoms with Gasteiger partial charge >= 0.3 is 0 Å². The number of aromatic nitrogens is 5. The van der Waals surface area contributed by atoms with Gasteiger partial charge in [0.2, 0.25) is 5.95 Å². The Kier molecular flexibility index (Phi) is 3.62. The van der Waals surface area contributed by atoms with Gasteiger partial charge in [0.05, 0.1) is 11.3 Å². The summed E-state index contributed by atoms with van der Waals surface area (Å²) in [5, 5.41) is 5.04. The second-order valence-electron chi connectivity index (χ2n) is 6.86. The number of pyridine rings is 1. The highest BCUT2D eigenvalue weighted by molar-refractivity contribution is 6.29. The predicted molar refractivity (Wildman–Crippen MR) is 106 cm³/mol. The van der Waals surface area contributed by atoms with Crippen LogP contribution in [0, 0.1) is 6.92 Å². The van der Waals surface area contributed by atoms with Crippen molar-refractivity contribution in [3.05, 3.63) is 59.1 Å². The van der Waals surface area contributed by atoms with Crippen LogP contribution >= 0.6 is 11.6 Å². The number of halogens is 1. The van der Waals surface area contributed by atoms with Crippen LogP contribution in [0.2, 0.25) is 5.15 Å². The Bertz CT molecular complexity index is 1140. The van der Waals surface area contributed by atoms with Crippen molar-refractivity contribution in [3.8, 4) is 22.4 Å². The summed E-state index contributed by atoms with van der Waals surface area (Å²) in [6.45, 7) is 1.92. The van der Waals surface area contributed by atoms with Crippen LogP contribution in [0.15, 0.2) is 42.5 Å². The van der Waals surface area contributed by atoms with E-state index in [0.717, 1.165) is 46.7 Å². The Morgan fingerprint density at radius 2 is 1.81 bits per heavy atom. The molecular weight excluding hydrogens is 360 g/mol. The molecule has 7 heteroatoms. The van der Waals surface area contributed by atoms with Crippen molar-refractivity contribution in [1.82, 2.24) is 24.6 Å². The molecule has 0 saturated heterocycles. The molecule has 0 radical (unpaired) electrons. The quantitative estimate of drug-likeness (QED) is 0.540. The highest BCUT2D eigenvalue weighted by Crippen LogP contribution is 2.41. The van der Waals surface area contributed by atoms with Crippen LogP contribution < -0.4 is 5.73 Å². The van der Waals surface area contributed by atoms with Crippen molar-refractivity contribution in [1.29, 1.82) is 0 Å². The topological polar surface area (TPSA) is 82.0 Å². The molecule has 4 aromatic rings. The molecule has 6 nitrogen and oxygen atoms in total. The van der Waals surface area contributed by atoms with Gasteiger partial charge in [-0.2, -0.15) is 4.52 Å². The summed E-state index contributed by atoms with van der Waals surface area (Å²) in [5.74, 6) is 1.57. The zero-order valence-electron chi connectivity index (χ0n) is 14.7. The lowest BCUT2D eigenvalue weighted by Gasteiger charge is -2.12. The van der Waals surface area contributed by atoms with E-state index < -0.39 is 0 Å². The zero-order chi connectivity index (χ0) is 18.5. The van der Waals surface area contributed by atoms with E-state index in [1.165, 1.54) is 0 Å². The molecule has 5 rings (SSSR count). The fourth-order valence-corrected chi connectivity index (χ4v) is 3.58. The first-order chi connectivity index (χ1) is 13.1. The third kappa shape index (κ3) is 2.82. The molecule has 1 fully saturated rings. The number of benzene rings is 1. The molecular formula is C20H17ClN6. The minimum Gasteiger partial charge on any atom is -0.368 e. The first-order valence-electron chi connectivity index (χ1n) is 8.86. The van der Waals surface area contributed by atoms with Gasteiger partial charge in [-0.05, 0) is 37.5 Å². The molecule has 0 amide bonds. The number of nitrogen functional groups attached to an aromatic ring is 1. The van der Waals surface area contributed by atoms with Gasteiger partial charge in [-0.25, -0.2) is 15.0 Å². The Morgan fingerprint density at radius 1 is 1.04 bits per heavy atom. The fourth-order valence-electron chi connectivity index (χ4n) is 3.33. The van der Waals surface area contributed by atoms with Crippen molar-refractivity contribution in [2.24, 2.45) is 0 Å². The van der Waals surface area contributed by atoms with E-state index in [1.807, 2.05) is 49.4 Å². The predicted octanol–water partition coefficient (Wildman–Crippen LogP) is 4.27. The van der Waals surface area contributed by atoms with E-state index in [2.05, 4.69) is 15.1 Å². The van der Waals surface area contributed by atoms with E-state index in [4.69, 9.17) is 22.3 Å². The molecule has 3 heterocycles. The maximum absolute atomic E-state index is 6.25. The minimum absolute atomic E-state index is 0.323. The maximum Gasteiger partial charge on any atom is 0.223 e. The van der Waals surface area contributed by atoms with Gasteiger partial charge in [0.25, 0.3) is 0 Å². The number of aryl methyl sites for hydroxylation is 1. The molecule has 2 N–H and O–H groups in total. The van der Waals surface area contributed by atoms with Crippen molar-refractivity contribution in [3.63, 3.8) is 0 Å². The average molecular weight is 377 g/mol. The van der Waals surface area contributed by atoms with Crippen molar-refractivity contribution < 1.29 is 0 Å². The number of nitrogens with zero attached hydrogens (tertiary/aromatic N) is 5. The highest BCUT2D eigenvalue weighted by Gasteiger charge is 2.30. The Labute approximate surface area is 161 Å². The first kappa shape index (κ1) is 16.2. The van der Waals surface area contributed by atoms with Gasteiger partial charge in [0, 0.05) is 17.2 Å². The van der Waals surface area contributed by atoms with Crippen molar-refractivity contribution in [2.75, 3.05) is 5.73 Å². The molecule has 3 aromatic heterocycles. The first-order valence-corrected chi connectivity index (χ1v) is 9.24. The summed E-state index contributed by atoms with van der Waals surface area (Å²) in [6.07, 6.45) is 2.23. The van der Waals surface area contributed by atoms with E-state index in [1.54, 1.807) is 4.52 Å². The lowest BCUT2D eigenvalue weighted by atomic mass is 10.0. The molecule has 0 bridgehead atoms. The van der Waals surface area contributed by atoms with E-state index in [-0.39, 0.29) is 0 Å². The van der Waals surface area contributed by atoms with Crippen LogP contribution in [0.5, 0.6) is 0 Å². The van der Waals surface area contributed by atoms with Gasteiger partial charge < -0.3 is 5.73 Å². The van der Waals surface area contributed by atoms with Crippen LogP contribution in [-0.2, 0) is 0 Å². The van der Waals surface area contributed by atoms with Crippen molar-refractivity contribution >= 4 is 23.2 Å². The number of hydrogen-bond acceptors (Lipinski definition) is 5. The third-order valence-corrected chi connectivity index (χ3v) is 4.92. The Morgan fingerprint density at radius 3 is 2.52 bits per heavy atom. The van der Waals surface area contributed by atoms with Gasteiger partial charge in [-0.1, -0.05) is 41.9 Å². The lowest BCUT2D eigenvalue weighted by molar-refractivity contribution is 0.872. The second-order valence-corrected chi connectivity index (χ2v) is 7.25. The standard InChI is InChI=1S/C20H17ClN6/c1-11-9-14(10-15(21)23-11)16-17(12-5-3-2-4-6-12)24-20(22)27-19(16)25-18(26-27)13-7-8-13/h2-6,9-10,13H,7-8H2,1H3,(H2,22,24). The van der Waals surface area contributed by atoms with E-state index in [0.29, 0.717) is 22.7 Å². The molecule has 1 aromatic carbocycles. The Balaban J connectivity index is 1.87. The lowest BCUT2D eigenvalue weighted by Crippen LogP contribution is -2.06. The minimum atomic E-state index is 0.323. The molecule has 27 heavy (non-hydrogen) atoms. The van der Waals surface area contributed by atoms with Gasteiger partial charge in [-0.3, -0.25) is 0 Å². The molecule has 0 aliphatic heterocycles. The third-order valence-electron chi connectivity index (χ3n) is 4.73. The van der Waals surface area contributed by atoms with Crippen LogP contribution in [0.4, 0.5) is 5.95 Å². The monoisotopic (exact) mass is 376 g/mol. The molecule has 0 atom stereocenters. The molecule has 1 aliphatic carbocycles. The van der Waals surface area contributed by atoms with Gasteiger partial charge in [0.15, 0.2) is 11.5 Å². The fraction of sp³-hybridized carbons (Fsp3) is 0.200. The SMILES string of the molecule is Cc1cc(-c2c(-c3ccccc3)nc(N)n3nc(C4CC4)nc23)cc(Cl)n1. The maximum atomic E-state index is 6.25. The smallest absolute Gasteiger partial charge is 0.223 e. The molecule has 1 aliphatic rings. The highest BCUT2D eigenvalue weighted by atomic mass is 35.5. The summed E-state index contributed by atoms with van der Waals surface area (Å²) in [5.41, 5.74) is 11.3. The number of fused-ring (bicyclic) bond motifs is 1. The number of nitrogens with two attached hydrogens (primary N) is 1. The summed E-state index contributed by atoms with van der Waals surface area (Å²) < 4.78 is 1.64. The summed E-state index contributed by atoms with van der Waals surface area (Å²) in [4.78, 5) is 13.8. The normalized spacial score (nSPS) is 14.0. The van der Waals surface area contributed by atoms with Crippen LogP contribution in [-0.4, -0.2) is 24.6 Å². The number of anilines is 1. The summed E-state index contributed by atoms with van der Waals surface area (Å²) in [6, 6.07) is 13.8. The van der Waals surface area contributed by atoms with Crippen LogP contribution in [0.25, 0.3) is 28.0 Å². The molecule has 1 saturated carbocycles. The van der Waals surface area contributed by atoms with E-state index >= 15 is 0 Å². The van der Waals surface area contributed by atoms with Crippen LogP contribution in [0.3, 0.4) is 0 Å². The van der Waals surface area contributed by atoms with Crippen molar-refractivity contribution in [2.45, 2.75) is 25.7 Å². The van der Waals surface area contributed by atoms with Crippen LogP contribution in [0.1, 0.15) is 30.3 Å². The average Bonchev–Trinajstić information content (AvgIpc) is 3.40. The largest absolute Gasteiger partial charge is 0.368 e. The summed E-state index contributed by atoms with van der Waals surface area (Å²) >= 11 is 6.25. The molecule has 0 spiro atoms.